The zero-order valence-electron chi connectivity index (χ0n) is 10.5. The summed E-state index contributed by atoms with van der Waals surface area (Å²) < 4.78 is 31.1. The monoisotopic (exact) mass is 259 g/mol. The van der Waals surface area contributed by atoms with Crippen LogP contribution in [0.5, 0.6) is 0 Å². The first kappa shape index (κ1) is 14.9. The van der Waals surface area contributed by atoms with Crippen LogP contribution < -0.4 is 5.32 Å². The first-order chi connectivity index (χ1) is 8.63. The average molecular weight is 259 g/mol. The normalized spacial score (nSPS) is 12.4. The SMILES string of the molecule is CCCCOCC(O)CNc1ccc(F)cc1F. The largest absolute Gasteiger partial charge is 0.389 e. The third-order valence-electron chi connectivity index (χ3n) is 2.41. The molecule has 18 heavy (non-hydrogen) atoms. The molecule has 0 heterocycles. The quantitative estimate of drug-likeness (QED) is 0.705. The van der Waals surface area contributed by atoms with Gasteiger partial charge in [-0.2, -0.15) is 0 Å². The molecule has 0 aliphatic rings. The molecule has 0 spiro atoms. The lowest BCUT2D eigenvalue weighted by molar-refractivity contribution is 0.0421. The smallest absolute Gasteiger partial charge is 0.149 e. The van der Waals surface area contributed by atoms with E-state index in [9.17, 15) is 13.9 Å². The molecule has 0 bridgehead atoms. The Morgan fingerprint density at radius 2 is 2.17 bits per heavy atom. The van der Waals surface area contributed by atoms with Gasteiger partial charge in [0.25, 0.3) is 0 Å². The van der Waals surface area contributed by atoms with Crippen molar-refractivity contribution >= 4 is 5.69 Å². The van der Waals surface area contributed by atoms with E-state index in [2.05, 4.69) is 12.2 Å². The second-order valence-electron chi connectivity index (χ2n) is 4.09. The summed E-state index contributed by atoms with van der Waals surface area (Å²) in [5.74, 6) is -1.30. The van der Waals surface area contributed by atoms with Gasteiger partial charge in [0.2, 0.25) is 0 Å². The van der Waals surface area contributed by atoms with Crippen molar-refractivity contribution in [3.8, 4) is 0 Å². The molecule has 0 aromatic heterocycles. The number of rotatable bonds is 8. The van der Waals surface area contributed by atoms with Crippen LogP contribution in [0, 0.1) is 11.6 Å². The van der Waals surface area contributed by atoms with E-state index in [1.807, 2.05) is 0 Å². The van der Waals surface area contributed by atoms with Crippen LogP contribution in [0.4, 0.5) is 14.5 Å². The maximum atomic E-state index is 13.2. The highest BCUT2D eigenvalue weighted by atomic mass is 19.1. The number of nitrogens with one attached hydrogen (secondary N) is 1. The summed E-state index contributed by atoms with van der Waals surface area (Å²) >= 11 is 0. The summed E-state index contributed by atoms with van der Waals surface area (Å²) in [6, 6.07) is 3.26. The Morgan fingerprint density at radius 1 is 1.39 bits per heavy atom. The Balaban J connectivity index is 2.27. The second-order valence-corrected chi connectivity index (χ2v) is 4.09. The van der Waals surface area contributed by atoms with Crippen molar-refractivity contribution in [2.45, 2.75) is 25.9 Å². The van der Waals surface area contributed by atoms with Crippen LogP contribution in [0.1, 0.15) is 19.8 Å². The number of ether oxygens (including phenoxy) is 1. The molecule has 1 atom stereocenters. The molecule has 0 amide bonds. The zero-order chi connectivity index (χ0) is 13.4. The minimum atomic E-state index is -0.716. The maximum Gasteiger partial charge on any atom is 0.149 e. The third kappa shape index (κ3) is 5.42. The van der Waals surface area contributed by atoms with Gasteiger partial charge in [0.15, 0.2) is 0 Å². The number of hydrogen-bond donors (Lipinski definition) is 2. The number of unbranched alkanes of at least 4 members (excludes halogenated alkanes) is 1. The molecule has 0 saturated carbocycles. The van der Waals surface area contributed by atoms with Crippen molar-refractivity contribution in [3.05, 3.63) is 29.8 Å². The number of aliphatic hydroxyl groups is 1. The summed E-state index contributed by atoms with van der Waals surface area (Å²) in [6.45, 7) is 3.03. The second kappa shape index (κ2) is 8.00. The van der Waals surface area contributed by atoms with Crippen LogP contribution in [-0.4, -0.2) is 31.0 Å². The fraction of sp³-hybridized carbons (Fsp3) is 0.538. The number of hydrogen-bond acceptors (Lipinski definition) is 3. The first-order valence-electron chi connectivity index (χ1n) is 6.08. The summed E-state index contributed by atoms with van der Waals surface area (Å²) in [6.07, 6.45) is 1.27. The molecule has 0 aliphatic carbocycles. The van der Waals surface area contributed by atoms with Gasteiger partial charge in [-0.1, -0.05) is 13.3 Å². The van der Waals surface area contributed by atoms with Gasteiger partial charge < -0.3 is 15.2 Å². The van der Waals surface area contributed by atoms with Crippen LogP contribution in [-0.2, 0) is 4.74 Å². The molecule has 0 saturated heterocycles. The van der Waals surface area contributed by atoms with Gasteiger partial charge in [-0.3, -0.25) is 0 Å². The zero-order valence-corrected chi connectivity index (χ0v) is 10.5. The molecule has 0 aliphatic heterocycles. The minimum absolute atomic E-state index is 0.161. The molecule has 102 valence electrons. The summed E-state index contributed by atoms with van der Waals surface area (Å²) in [7, 11) is 0. The van der Waals surface area contributed by atoms with E-state index in [-0.39, 0.29) is 18.8 Å². The van der Waals surface area contributed by atoms with Crippen LogP contribution in [0.25, 0.3) is 0 Å². The van der Waals surface area contributed by atoms with Crippen LogP contribution >= 0.6 is 0 Å². The summed E-state index contributed by atoms with van der Waals surface area (Å²) in [4.78, 5) is 0. The highest BCUT2D eigenvalue weighted by molar-refractivity contribution is 5.44. The molecule has 0 fully saturated rings. The van der Waals surface area contributed by atoms with Crippen molar-refractivity contribution < 1.29 is 18.6 Å². The highest BCUT2D eigenvalue weighted by Gasteiger charge is 2.07. The van der Waals surface area contributed by atoms with Crippen molar-refractivity contribution in [1.82, 2.24) is 0 Å². The predicted octanol–water partition coefficient (Wildman–Crippen LogP) is 2.55. The Bertz CT molecular complexity index is 361. The van der Waals surface area contributed by atoms with E-state index >= 15 is 0 Å². The summed E-state index contributed by atoms with van der Waals surface area (Å²) in [5.41, 5.74) is 0.170. The van der Waals surface area contributed by atoms with E-state index in [1.54, 1.807) is 0 Å². The van der Waals surface area contributed by atoms with Crippen LogP contribution in [0.15, 0.2) is 18.2 Å². The van der Waals surface area contributed by atoms with Crippen molar-refractivity contribution in [2.75, 3.05) is 25.1 Å². The van der Waals surface area contributed by atoms with E-state index < -0.39 is 17.7 Å². The highest BCUT2D eigenvalue weighted by Crippen LogP contribution is 2.14. The molecular weight excluding hydrogens is 240 g/mol. The molecule has 3 nitrogen and oxygen atoms in total. The van der Waals surface area contributed by atoms with E-state index in [1.165, 1.54) is 6.07 Å². The third-order valence-corrected chi connectivity index (χ3v) is 2.41. The molecular formula is C13H19F2NO2. The number of benzene rings is 1. The molecule has 1 aromatic carbocycles. The maximum absolute atomic E-state index is 13.2. The predicted molar refractivity (Wildman–Crippen MR) is 66.6 cm³/mol. The molecule has 1 unspecified atom stereocenters. The lowest BCUT2D eigenvalue weighted by Gasteiger charge is -2.13. The lowest BCUT2D eigenvalue weighted by atomic mass is 10.3. The Morgan fingerprint density at radius 3 is 2.83 bits per heavy atom. The molecule has 1 rings (SSSR count). The molecule has 5 heteroatoms. The van der Waals surface area contributed by atoms with Crippen LogP contribution in [0.2, 0.25) is 0 Å². The first-order valence-corrected chi connectivity index (χ1v) is 6.08. The molecule has 1 aromatic rings. The minimum Gasteiger partial charge on any atom is -0.389 e. The van der Waals surface area contributed by atoms with Gasteiger partial charge >= 0.3 is 0 Å². The number of halogens is 2. The Labute approximate surface area is 106 Å². The Kier molecular flexibility index (Phi) is 6.60. The van der Waals surface area contributed by atoms with Crippen molar-refractivity contribution in [3.63, 3.8) is 0 Å². The lowest BCUT2D eigenvalue weighted by Crippen LogP contribution is -2.25. The average Bonchev–Trinajstić information content (AvgIpc) is 2.33. The van der Waals surface area contributed by atoms with E-state index in [4.69, 9.17) is 4.74 Å². The van der Waals surface area contributed by atoms with E-state index in [0.717, 1.165) is 25.0 Å². The summed E-state index contributed by atoms with van der Waals surface area (Å²) in [5, 5.41) is 12.3. The van der Waals surface area contributed by atoms with Crippen molar-refractivity contribution in [1.29, 1.82) is 0 Å². The molecule has 2 N–H and O–H groups in total. The fourth-order valence-corrected chi connectivity index (χ4v) is 1.39. The molecule has 0 radical (unpaired) electrons. The van der Waals surface area contributed by atoms with Gasteiger partial charge in [-0.15, -0.1) is 0 Å². The Hall–Kier alpha value is -1.20. The van der Waals surface area contributed by atoms with Crippen molar-refractivity contribution in [2.24, 2.45) is 0 Å². The topological polar surface area (TPSA) is 41.5 Å². The van der Waals surface area contributed by atoms with Gasteiger partial charge in [0.05, 0.1) is 18.4 Å². The van der Waals surface area contributed by atoms with Gasteiger partial charge in [-0.25, -0.2) is 8.78 Å². The van der Waals surface area contributed by atoms with Gasteiger partial charge in [0, 0.05) is 19.2 Å². The number of aliphatic hydroxyl groups excluding tert-OH is 1. The van der Waals surface area contributed by atoms with Gasteiger partial charge in [0.1, 0.15) is 11.6 Å². The van der Waals surface area contributed by atoms with Gasteiger partial charge in [-0.05, 0) is 18.6 Å². The standard InChI is InChI=1S/C13H19F2NO2/c1-2-3-6-18-9-11(17)8-16-13-5-4-10(14)7-12(13)15/h4-5,7,11,16-17H,2-3,6,8-9H2,1H3. The van der Waals surface area contributed by atoms with E-state index in [0.29, 0.717) is 6.61 Å². The van der Waals surface area contributed by atoms with Crippen LogP contribution in [0.3, 0.4) is 0 Å². The fourth-order valence-electron chi connectivity index (χ4n) is 1.39. The number of anilines is 1.